The van der Waals surface area contributed by atoms with Crippen LogP contribution < -0.4 is 10.5 Å². The van der Waals surface area contributed by atoms with E-state index in [1.165, 1.54) is 24.4 Å². The van der Waals surface area contributed by atoms with Gasteiger partial charge in [-0.1, -0.05) is 11.6 Å². The molecular weight excluding hydrogens is 310 g/mol. The molecule has 0 fully saturated rings. The Morgan fingerprint density at radius 1 is 1.42 bits per heavy atom. The van der Waals surface area contributed by atoms with E-state index < -0.39 is 15.9 Å². The Kier molecular flexibility index (Phi) is 3.74. The molecule has 3 N–H and O–H groups in total. The fourth-order valence-electron chi connectivity index (χ4n) is 1.33. The lowest BCUT2D eigenvalue weighted by atomic mass is 10.3. The minimum atomic E-state index is -3.91. The number of carbonyl (C=O) groups is 1. The summed E-state index contributed by atoms with van der Waals surface area (Å²) in [5.74, 6) is -0.712. The van der Waals surface area contributed by atoms with E-state index in [4.69, 9.17) is 17.3 Å². The van der Waals surface area contributed by atoms with Crippen LogP contribution in [0.25, 0.3) is 0 Å². The van der Waals surface area contributed by atoms with Crippen molar-refractivity contribution in [1.29, 1.82) is 0 Å². The third kappa shape index (κ3) is 2.86. The van der Waals surface area contributed by atoms with Gasteiger partial charge in [0.1, 0.15) is 15.0 Å². The third-order valence-corrected chi connectivity index (χ3v) is 4.93. The number of hydrogen-bond donors (Lipinski definition) is 2. The van der Waals surface area contributed by atoms with E-state index in [1.807, 2.05) is 0 Å². The van der Waals surface area contributed by atoms with Gasteiger partial charge in [-0.05, 0) is 23.6 Å². The minimum absolute atomic E-state index is 0.105. The lowest BCUT2D eigenvalue weighted by Crippen LogP contribution is -2.17. The van der Waals surface area contributed by atoms with Crippen molar-refractivity contribution in [3.8, 4) is 0 Å². The molecule has 0 atom stereocenters. The summed E-state index contributed by atoms with van der Waals surface area (Å²) in [5, 5.41) is 1.56. The van der Waals surface area contributed by atoms with Gasteiger partial charge in [-0.15, -0.1) is 11.3 Å². The van der Waals surface area contributed by atoms with Gasteiger partial charge in [0.15, 0.2) is 0 Å². The van der Waals surface area contributed by atoms with E-state index in [2.05, 4.69) is 9.71 Å². The van der Waals surface area contributed by atoms with Gasteiger partial charge in [0.25, 0.3) is 15.9 Å². The summed E-state index contributed by atoms with van der Waals surface area (Å²) in [4.78, 5) is 14.7. The predicted molar refractivity (Wildman–Crippen MR) is 72.9 cm³/mol. The van der Waals surface area contributed by atoms with Gasteiger partial charge in [-0.2, -0.15) is 0 Å². The first kappa shape index (κ1) is 13.8. The Morgan fingerprint density at radius 2 is 2.16 bits per heavy atom. The van der Waals surface area contributed by atoms with Gasteiger partial charge >= 0.3 is 0 Å². The predicted octanol–water partition coefficient (Wildman–Crippen LogP) is 1.70. The molecule has 2 aromatic rings. The quantitative estimate of drug-likeness (QED) is 0.838. The summed E-state index contributed by atoms with van der Waals surface area (Å²) < 4.78 is 26.5. The van der Waals surface area contributed by atoms with Gasteiger partial charge in [0.2, 0.25) is 0 Å². The number of aromatic nitrogens is 1. The molecule has 0 saturated carbocycles. The Morgan fingerprint density at radius 3 is 2.79 bits per heavy atom. The first-order valence-corrected chi connectivity index (χ1v) is 7.66. The number of thiophene rings is 1. The average molecular weight is 318 g/mol. The maximum Gasteiger partial charge on any atom is 0.265 e. The van der Waals surface area contributed by atoms with Crippen molar-refractivity contribution < 1.29 is 13.2 Å². The third-order valence-electron chi connectivity index (χ3n) is 2.17. The van der Waals surface area contributed by atoms with Crippen LogP contribution >= 0.6 is 22.9 Å². The fraction of sp³-hybridized carbons (Fsp3) is 0. The summed E-state index contributed by atoms with van der Waals surface area (Å²) >= 11 is 6.78. The molecule has 6 nitrogen and oxygen atoms in total. The number of carbonyl (C=O) groups excluding carboxylic acids is 1. The molecule has 0 spiro atoms. The van der Waals surface area contributed by atoms with E-state index in [0.717, 1.165) is 11.3 Å². The number of rotatable bonds is 4. The number of nitrogens with zero attached hydrogens (tertiary/aromatic N) is 1. The van der Waals surface area contributed by atoms with Crippen LogP contribution in [0.2, 0.25) is 5.15 Å². The number of nitrogens with one attached hydrogen (secondary N) is 1. The molecule has 0 aliphatic heterocycles. The van der Waals surface area contributed by atoms with Gasteiger partial charge in [-0.25, -0.2) is 13.4 Å². The fourth-order valence-corrected chi connectivity index (χ4v) is 3.91. The first-order valence-electron chi connectivity index (χ1n) is 4.92. The summed E-state index contributed by atoms with van der Waals surface area (Å²) in [5.41, 5.74) is 5.25. The van der Waals surface area contributed by atoms with E-state index >= 15 is 0 Å². The van der Waals surface area contributed by atoms with Crippen molar-refractivity contribution in [2.24, 2.45) is 5.73 Å². The van der Waals surface area contributed by atoms with Crippen molar-refractivity contribution in [2.45, 2.75) is 4.90 Å². The van der Waals surface area contributed by atoms with Crippen molar-refractivity contribution in [3.63, 3.8) is 0 Å². The van der Waals surface area contributed by atoms with Crippen molar-refractivity contribution in [3.05, 3.63) is 40.5 Å². The van der Waals surface area contributed by atoms with Gasteiger partial charge < -0.3 is 5.73 Å². The molecule has 0 radical (unpaired) electrons. The normalized spacial score (nSPS) is 11.2. The second kappa shape index (κ2) is 5.16. The SMILES string of the molecule is NC(=O)c1ccsc1NS(=O)(=O)c1cccnc1Cl. The molecule has 0 aliphatic carbocycles. The van der Waals surface area contributed by atoms with Crippen LogP contribution in [0.1, 0.15) is 10.4 Å². The molecule has 2 heterocycles. The zero-order chi connectivity index (χ0) is 14.0. The molecule has 9 heteroatoms. The number of halogens is 1. The molecule has 0 bridgehead atoms. The van der Waals surface area contributed by atoms with Crippen molar-refractivity contribution in [1.82, 2.24) is 4.98 Å². The number of amides is 1. The zero-order valence-corrected chi connectivity index (χ0v) is 11.7. The number of pyridine rings is 1. The van der Waals surface area contributed by atoms with E-state index in [9.17, 15) is 13.2 Å². The Bertz CT molecular complexity index is 727. The topological polar surface area (TPSA) is 102 Å². The van der Waals surface area contributed by atoms with E-state index in [-0.39, 0.29) is 20.6 Å². The van der Waals surface area contributed by atoms with Crippen LogP contribution in [-0.2, 0) is 10.0 Å². The highest BCUT2D eigenvalue weighted by Gasteiger charge is 2.21. The second-order valence-corrected chi connectivity index (χ2v) is 6.35. The number of nitrogens with two attached hydrogens (primary N) is 1. The van der Waals surface area contributed by atoms with Crippen LogP contribution in [0.5, 0.6) is 0 Å². The van der Waals surface area contributed by atoms with Gasteiger partial charge in [0, 0.05) is 6.20 Å². The largest absolute Gasteiger partial charge is 0.366 e. The number of primary amides is 1. The highest BCUT2D eigenvalue weighted by Crippen LogP contribution is 2.27. The van der Waals surface area contributed by atoms with Crippen molar-refractivity contribution in [2.75, 3.05) is 4.72 Å². The van der Waals surface area contributed by atoms with E-state index in [1.54, 1.807) is 5.38 Å². The Labute approximate surface area is 118 Å². The number of anilines is 1. The maximum absolute atomic E-state index is 12.1. The summed E-state index contributed by atoms with van der Waals surface area (Å²) in [6.07, 6.45) is 1.38. The van der Waals surface area contributed by atoms with Crippen LogP contribution in [0.4, 0.5) is 5.00 Å². The number of sulfonamides is 1. The lowest BCUT2D eigenvalue weighted by Gasteiger charge is -2.08. The highest BCUT2D eigenvalue weighted by molar-refractivity contribution is 7.93. The molecule has 1 amide bonds. The zero-order valence-electron chi connectivity index (χ0n) is 9.33. The maximum atomic E-state index is 12.1. The molecule has 100 valence electrons. The molecule has 0 saturated heterocycles. The van der Waals surface area contributed by atoms with Crippen LogP contribution in [0.3, 0.4) is 0 Å². The van der Waals surface area contributed by atoms with Crippen LogP contribution in [0.15, 0.2) is 34.7 Å². The molecule has 0 aromatic carbocycles. The molecule has 2 rings (SSSR count). The highest BCUT2D eigenvalue weighted by atomic mass is 35.5. The molecule has 0 unspecified atom stereocenters. The molecule has 2 aromatic heterocycles. The first-order chi connectivity index (χ1) is 8.92. The average Bonchev–Trinajstić information content (AvgIpc) is 2.76. The molecule has 19 heavy (non-hydrogen) atoms. The summed E-state index contributed by atoms with van der Waals surface area (Å²) in [6.45, 7) is 0. The van der Waals surface area contributed by atoms with Gasteiger partial charge in [-0.3, -0.25) is 9.52 Å². The van der Waals surface area contributed by atoms with Crippen LogP contribution in [0, 0.1) is 0 Å². The molecule has 0 aliphatic rings. The second-order valence-electron chi connectivity index (χ2n) is 3.43. The van der Waals surface area contributed by atoms with E-state index in [0.29, 0.717) is 0 Å². The smallest absolute Gasteiger partial charge is 0.265 e. The Balaban J connectivity index is 2.40. The minimum Gasteiger partial charge on any atom is -0.366 e. The Hall–Kier alpha value is -1.64. The van der Waals surface area contributed by atoms with Crippen LogP contribution in [-0.4, -0.2) is 19.3 Å². The summed E-state index contributed by atoms with van der Waals surface area (Å²) in [7, 11) is -3.91. The monoisotopic (exact) mass is 317 g/mol. The summed E-state index contributed by atoms with van der Waals surface area (Å²) in [6, 6.07) is 4.20. The number of hydrogen-bond acceptors (Lipinski definition) is 5. The van der Waals surface area contributed by atoms with Crippen molar-refractivity contribution >= 4 is 43.9 Å². The van der Waals surface area contributed by atoms with Gasteiger partial charge in [0.05, 0.1) is 5.56 Å². The molecular formula is C10H8ClN3O3S2. The standard InChI is InChI=1S/C10H8ClN3O3S2/c11-8-7(2-1-4-13-8)19(16,17)14-10-6(9(12)15)3-5-18-10/h1-5,14H,(H2,12,15). The lowest BCUT2D eigenvalue weighted by molar-refractivity contribution is 0.100.